The molecule has 0 spiro atoms. The predicted octanol–water partition coefficient (Wildman–Crippen LogP) is 1.91. The second-order valence-electron chi connectivity index (χ2n) is 6.49. The summed E-state index contributed by atoms with van der Waals surface area (Å²) in [6, 6.07) is 0. The van der Waals surface area contributed by atoms with Gasteiger partial charge in [-0.05, 0) is 38.8 Å². The lowest BCUT2D eigenvalue weighted by Gasteiger charge is -2.34. The monoisotopic (exact) mass is 493 g/mol. The number of nitrogens with one attached hydrogen (secondary N) is 2. The Balaban J connectivity index is 0.00000625. The van der Waals surface area contributed by atoms with Gasteiger partial charge in [-0.1, -0.05) is 0 Å². The molecule has 1 heterocycles. The fourth-order valence-corrected chi connectivity index (χ4v) is 2.98. The van der Waals surface area contributed by atoms with E-state index in [4.69, 9.17) is 0 Å². The van der Waals surface area contributed by atoms with E-state index >= 15 is 0 Å². The van der Waals surface area contributed by atoms with Crippen LogP contribution in [0.1, 0.15) is 25.7 Å². The molecule has 0 unspecified atom stereocenters. The Kier molecular flexibility index (Phi) is 12.2. The molecule has 0 aliphatic carbocycles. The molecule has 1 rings (SSSR count). The van der Waals surface area contributed by atoms with Gasteiger partial charge < -0.3 is 15.5 Å². The van der Waals surface area contributed by atoms with Gasteiger partial charge >= 0.3 is 6.18 Å². The first-order valence-corrected chi connectivity index (χ1v) is 8.66. The van der Waals surface area contributed by atoms with Gasteiger partial charge in [0.2, 0.25) is 5.91 Å². The molecule has 10 heteroatoms. The molecule has 1 amide bonds. The highest BCUT2D eigenvalue weighted by Crippen LogP contribution is 2.20. The van der Waals surface area contributed by atoms with Gasteiger partial charge in [-0.2, -0.15) is 13.2 Å². The summed E-state index contributed by atoms with van der Waals surface area (Å²) in [5.41, 5.74) is 0. The minimum atomic E-state index is -4.16. The van der Waals surface area contributed by atoms with Crippen LogP contribution < -0.4 is 10.6 Å². The highest BCUT2D eigenvalue weighted by atomic mass is 127. The van der Waals surface area contributed by atoms with E-state index in [0.717, 1.165) is 31.9 Å². The minimum Gasteiger partial charge on any atom is -0.359 e. The average Bonchev–Trinajstić information content (AvgIpc) is 2.54. The number of piperidine rings is 1. The van der Waals surface area contributed by atoms with Gasteiger partial charge in [0.15, 0.2) is 5.96 Å². The quantitative estimate of drug-likeness (QED) is 0.246. The van der Waals surface area contributed by atoms with Crippen LogP contribution in [-0.4, -0.2) is 81.7 Å². The van der Waals surface area contributed by atoms with E-state index in [9.17, 15) is 18.0 Å². The van der Waals surface area contributed by atoms with Gasteiger partial charge in [-0.3, -0.25) is 14.7 Å². The summed E-state index contributed by atoms with van der Waals surface area (Å²) in [6.07, 6.45) is -1.12. The van der Waals surface area contributed by atoms with Crippen molar-refractivity contribution < 1.29 is 18.0 Å². The van der Waals surface area contributed by atoms with Crippen molar-refractivity contribution in [3.05, 3.63) is 0 Å². The van der Waals surface area contributed by atoms with Crippen LogP contribution in [0.5, 0.6) is 0 Å². The van der Waals surface area contributed by atoms with Crippen molar-refractivity contribution in [2.75, 3.05) is 53.9 Å². The molecule has 0 radical (unpaired) electrons. The molecule has 0 aromatic heterocycles. The lowest BCUT2D eigenvalue weighted by Crippen LogP contribution is -2.46. The summed E-state index contributed by atoms with van der Waals surface area (Å²) >= 11 is 0. The topological polar surface area (TPSA) is 60.0 Å². The standard InChI is InChI=1S/C16H30F3N5O.HI/c1-20-14(25)11-13-5-9-24(10-6-13)15(21-2)22-7-4-8-23(3)12-16(17,18)19;/h13H,4-12H2,1-3H3,(H,20,25)(H,21,22);1H. The molecule has 0 aromatic carbocycles. The molecule has 1 aliphatic rings. The van der Waals surface area contributed by atoms with Crippen molar-refractivity contribution in [3.63, 3.8) is 0 Å². The minimum absolute atomic E-state index is 0. The molecule has 0 bridgehead atoms. The summed E-state index contributed by atoms with van der Waals surface area (Å²) in [6.45, 7) is 1.72. The highest BCUT2D eigenvalue weighted by molar-refractivity contribution is 14.0. The first-order chi connectivity index (χ1) is 11.7. The molecule has 6 nitrogen and oxygen atoms in total. The van der Waals surface area contributed by atoms with Gasteiger partial charge in [0.1, 0.15) is 0 Å². The van der Waals surface area contributed by atoms with E-state index in [0.29, 0.717) is 31.8 Å². The van der Waals surface area contributed by atoms with Crippen LogP contribution in [0.2, 0.25) is 0 Å². The maximum Gasteiger partial charge on any atom is 0.401 e. The number of guanidine groups is 1. The molecular weight excluding hydrogens is 462 g/mol. The maximum absolute atomic E-state index is 12.3. The number of hydrogen-bond donors (Lipinski definition) is 2. The SMILES string of the molecule is CN=C(NCCCN(C)CC(F)(F)F)N1CCC(CC(=O)NC)CC1.I. The Morgan fingerprint density at radius 2 is 1.92 bits per heavy atom. The average molecular weight is 493 g/mol. The fraction of sp³-hybridized carbons (Fsp3) is 0.875. The third-order valence-corrected chi connectivity index (χ3v) is 4.33. The lowest BCUT2D eigenvalue weighted by atomic mass is 9.93. The van der Waals surface area contributed by atoms with Gasteiger partial charge in [0.05, 0.1) is 6.54 Å². The zero-order valence-electron chi connectivity index (χ0n) is 15.7. The number of nitrogens with zero attached hydrogens (tertiary/aromatic N) is 3. The van der Waals surface area contributed by atoms with Crippen LogP contribution in [0.3, 0.4) is 0 Å². The molecule has 1 aliphatic heterocycles. The number of alkyl halides is 3. The van der Waals surface area contributed by atoms with Crippen molar-refractivity contribution in [1.82, 2.24) is 20.4 Å². The van der Waals surface area contributed by atoms with E-state index in [1.165, 1.54) is 11.9 Å². The van der Waals surface area contributed by atoms with Crippen molar-refractivity contribution in [2.45, 2.75) is 31.9 Å². The van der Waals surface area contributed by atoms with Crippen molar-refractivity contribution in [3.8, 4) is 0 Å². The Morgan fingerprint density at radius 3 is 2.42 bits per heavy atom. The molecule has 1 saturated heterocycles. The van der Waals surface area contributed by atoms with E-state index < -0.39 is 12.7 Å². The predicted molar refractivity (Wildman–Crippen MR) is 108 cm³/mol. The number of carbonyl (C=O) groups is 1. The summed E-state index contributed by atoms with van der Waals surface area (Å²) < 4.78 is 36.8. The summed E-state index contributed by atoms with van der Waals surface area (Å²) in [4.78, 5) is 19.1. The molecule has 154 valence electrons. The summed E-state index contributed by atoms with van der Waals surface area (Å²) in [7, 11) is 4.82. The van der Waals surface area contributed by atoms with E-state index in [1.54, 1.807) is 14.1 Å². The zero-order chi connectivity index (χ0) is 18.9. The Bertz CT molecular complexity index is 440. The Morgan fingerprint density at radius 1 is 1.31 bits per heavy atom. The smallest absolute Gasteiger partial charge is 0.359 e. The van der Waals surface area contributed by atoms with Gasteiger partial charge in [0.25, 0.3) is 0 Å². The molecule has 1 fully saturated rings. The first kappa shape index (κ1) is 25.2. The normalized spacial score (nSPS) is 16.4. The highest BCUT2D eigenvalue weighted by Gasteiger charge is 2.28. The number of amides is 1. The lowest BCUT2D eigenvalue weighted by molar-refractivity contribution is -0.143. The number of aliphatic imine (C=N–C) groups is 1. The number of hydrogen-bond acceptors (Lipinski definition) is 3. The maximum atomic E-state index is 12.3. The fourth-order valence-electron chi connectivity index (χ4n) is 2.98. The van der Waals surface area contributed by atoms with E-state index in [1.807, 2.05) is 0 Å². The molecule has 26 heavy (non-hydrogen) atoms. The summed E-state index contributed by atoms with van der Waals surface area (Å²) in [5, 5.41) is 5.86. The molecule has 0 saturated carbocycles. The van der Waals surface area contributed by atoms with Crippen LogP contribution in [-0.2, 0) is 4.79 Å². The van der Waals surface area contributed by atoms with Crippen LogP contribution in [0.4, 0.5) is 13.2 Å². The van der Waals surface area contributed by atoms with Gasteiger partial charge in [-0.15, -0.1) is 24.0 Å². The second kappa shape index (κ2) is 12.6. The summed E-state index contributed by atoms with van der Waals surface area (Å²) in [5.74, 6) is 1.24. The second-order valence-corrected chi connectivity index (χ2v) is 6.49. The number of halogens is 4. The van der Waals surface area contributed by atoms with Crippen LogP contribution in [0, 0.1) is 5.92 Å². The van der Waals surface area contributed by atoms with Gasteiger partial charge in [0, 0.05) is 40.2 Å². The zero-order valence-corrected chi connectivity index (χ0v) is 18.1. The number of rotatable bonds is 7. The third-order valence-electron chi connectivity index (χ3n) is 4.33. The third kappa shape index (κ3) is 10.4. The molecular formula is C16H31F3IN5O. The van der Waals surface area contributed by atoms with Crippen LogP contribution in [0.25, 0.3) is 0 Å². The van der Waals surface area contributed by atoms with Crippen molar-refractivity contribution >= 4 is 35.8 Å². The van der Waals surface area contributed by atoms with E-state index in [2.05, 4.69) is 20.5 Å². The van der Waals surface area contributed by atoms with Crippen molar-refractivity contribution in [2.24, 2.45) is 10.9 Å². The largest absolute Gasteiger partial charge is 0.401 e. The van der Waals surface area contributed by atoms with Gasteiger partial charge in [-0.25, -0.2) is 0 Å². The van der Waals surface area contributed by atoms with Crippen LogP contribution >= 0.6 is 24.0 Å². The number of carbonyl (C=O) groups excluding carboxylic acids is 1. The Labute approximate surface area is 171 Å². The Hall–Kier alpha value is -0.780. The molecule has 2 N–H and O–H groups in total. The van der Waals surface area contributed by atoms with Crippen LogP contribution in [0.15, 0.2) is 4.99 Å². The van der Waals surface area contributed by atoms with E-state index in [-0.39, 0.29) is 29.9 Å². The number of likely N-dealkylation sites (tertiary alicyclic amines) is 1. The molecule has 0 aromatic rings. The molecule has 0 atom stereocenters. The first-order valence-electron chi connectivity index (χ1n) is 8.66. The van der Waals surface area contributed by atoms with Crippen molar-refractivity contribution in [1.29, 1.82) is 0 Å².